The van der Waals surface area contributed by atoms with Crippen LogP contribution in [0.4, 0.5) is 0 Å². The average Bonchev–Trinajstić information content (AvgIpc) is 2.32. The van der Waals surface area contributed by atoms with Gasteiger partial charge >= 0.3 is 0 Å². The zero-order valence-corrected chi connectivity index (χ0v) is 12.0. The van der Waals surface area contributed by atoms with E-state index < -0.39 is 0 Å². The van der Waals surface area contributed by atoms with Crippen molar-refractivity contribution in [3.8, 4) is 0 Å². The molecule has 0 saturated heterocycles. The van der Waals surface area contributed by atoms with Gasteiger partial charge in [-0.05, 0) is 56.4 Å². The predicted molar refractivity (Wildman–Crippen MR) is 74.2 cm³/mol. The van der Waals surface area contributed by atoms with Gasteiger partial charge in [0, 0.05) is 25.8 Å². The van der Waals surface area contributed by atoms with Crippen LogP contribution < -0.4 is 5.32 Å². The van der Waals surface area contributed by atoms with Crippen molar-refractivity contribution in [3.63, 3.8) is 0 Å². The Hall–Kier alpha value is -1.35. The molecule has 1 aromatic carbocycles. The van der Waals surface area contributed by atoms with Crippen molar-refractivity contribution in [1.82, 2.24) is 5.32 Å². The van der Waals surface area contributed by atoms with Crippen LogP contribution in [-0.2, 0) is 4.74 Å². The summed E-state index contributed by atoms with van der Waals surface area (Å²) in [5.41, 5.74) is 5.30. The molecule has 0 aliphatic carbocycles. The SMILES string of the molecule is COCCCNC(=O)c1c(C)c(C)cc(C)c1C. The van der Waals surface area contributed by atoms with Gasteiger partial charge in [-0.2, -0.15) is 0 Å². The molecule has 0 heterocycles. The van der Waals surface area contributed by atoms with E-state index in [0.29, 0.717) is 13.2 Å². The van der Waals surface area contributed by atoms with Crippen LogP contribution in [0.15, 0.2) is 6.07 Å². The highest BCUT2D eigenvalue weighted by Gasteiger charge is 2.15. The lowest BCUT2D eigenvalue weighted by atomic mass is 9.94. The summed E-state index contributed by atoms with van der Waals surface area (Å²) in [4.78, 5) is 12.2. The number of ether oxygens (including phenoxy) is 1. The molecular weight excluding hydrogens is 226 g/mol. The van der Waals surface area contributed by atoms with Crippen molar-refractivity contribution in [3.05, 3.63) is 33.9 Å². The van der Waals surface area contributed by atoms with Crippen LogP contribution in [0.3, 0.4) is 0 Å². The summed E-state index contributed by atoms with van der Waals surface area (Å²) in [5.74, 6) is 0.0212. The minimum Gasteiger partial charge on any atom is -0.385 e. The normalized spacial score (nSPS) is 10.5. The number of amides is 1. The van der Waals surface area contributed by atoms with Crippen molar-refractivity contribution in [2.75, 3.05) is 20.3 Å². The topological polar surface area (TPSA) is 38.3 Å². The smallest absolute Gasteiger partial charge is 0.251 e. The van der Waals surface area contributed by atoms with Gasteiger partial charge in [0.2, 0.25) is 0 Å². The second kappa shape index (κ2) is 6.55. The fraction of sp³-hybridized carbons (Fsp3) is 0.533. The Kier molecular flexibility index (Phi) is 5.35. The van der Waals surface area contributed by atoms with Crippen molar-refractivity contribution < 1.29 is 9.53 Å². The van der Waals surface area contributed by atoms with Gasteiger partial charge in [0.15, 0.2) is 0 Å². The highest BCUT2D eigenvalue weighted by molar-refractivity contribution is 5.97. The molecule has 0 radical (unpaired) electrons. The van der Waals surface area contributed by atoms with Crippen molar-refractivity contribution in [1.29, 1.82) is 0 Å². The van der Waals surface area contributed by atoms with Crippen molar-refractivity contribution in [2.45, 2.75) is 34.1 Å². The van der Waals surface area contributed by atoms with E-state index in [1.165, 1.54) is 11.1 Å². The maximum Gasteiger partial charge on any atom is 0.251 e. The first kappa shape index (κ1) is 14.7. The van der Waals surface area contributed by atoms with Crippen molar-refractivity contribution >= 4 is 5.91 Å². The summed E-state index contributed by atoms with van der Waals surface area (Å²) in [6.45, 7) is 9.42. The maximum atomic E-state index is 12.2. The predicted octanol–water partition coefficient (Wildman–Crippen LogP) is 2.69. The highest BCUT2D eigenvalue weighted by atomic mass is 16.5. The highest BCUT2D eigenvalue weighted by Crippen LogP contribution is 2.21. The summed E-state index contributed by atoms with van der Waals surface area (Å²) < 4.78 is 4.96. The Morgan fingerprint density at radius 3 is 2.22 bits per heavy atom. The van der Waals surface area contributed by atoms with E-state index in [9.17, 15) is 4.79 Å². The largest absolute Gasteiger partial charge is 0.385 e. The average molecular weight is 249 g/mol. The molecule has 1 N–H and O–H groups in total. The number of aryl methyl sites for hydroxylation is 2. The van der Waals surface area contributed by atoms with E-state index in [4.69, 9.17) is 4.74 Å². The molecule has 0 aliphatic heterocycles. The molecule has 0 atom stereocenters. The number of hydrogen-bond donors (Lipinski definition) is 1. The van der Waals surface area contributed by atoms with Gasteiger partial charge in [-0.25, -0.2) is 0 Å². The Morgan fingerprint density at radius 2 is 1.72 bits per heavy atom. The summed E-state index contributed by atoms with van der Waals surface area (Å²) >= 11 is 0. The Morgan fingerprint density at radius 1 is 1.17 bits per heavy atom. The van der Waals surface area contributed by atoms with Gasteiger partial charge in [-0.1, -0.05) is 6.07 Å². The van der Waals surface area contributed by atoms with Gasteiger partial charge in [0.25, 0.3) is 5.91 Å². The molecule has 0 spiro atoms. The number of carbonyl (C=O) groups is 1. The van der Waals surface area contributed by atoms with Gasteiger partial charge in [0.1, 0.15) is 0 Å². The lowest BCUT2D eigenvalue weighted by Gasteiger charge is -2.15. The van der Waals surface area contributed by atoms with Gasteiger partial charge in [-0.15, -0.1) is 0 Å². The molecule has 0 aromatic heterocycles. The second-order valence-corrected chi connectivity index (χ2v) is 4.74. The molecule has 1 amide bonds. The quantitative estimate of drug-likeness (QED) is 0.815. The van der Waals surface area contributed by atoms with E-state index >= 15 is 0 Å². The number of hydrogen-bond acceptors (Lipinski definition) is 2. The molecule has 0 fully saturated rings. The molecule has 1 rings (SSSR count). The zero-order chi connectivity index (χ0) is 13.7. The van der Waals surface area contributed by atoms with Gasteiger partial charge in [-0.3, -0.25) is 4.79 Å². The molecule has 100 valence electrons. The molecule has 3 nitrogen and oxygen atoms in total. The monoisotopic (exact) mass is 249 g/mol. The van der Waals surface area contributed by atoms with Gasteiger partial charge < -0.3 is 10.1 Å². The maximum absolute atomic E-state index is 12.2. The Balaban J connectivity index is 2.85. The Labute approximate surface area is 110 Å². The molecule has 0 saturated carbocycles. The number of methoxy groups -OCH3 is 1. The molecule has 18 heavy (non-hydrogen) atoms. The summed E-state index contributed by atoms with van der Waals surface area (Å²) in [6.07, 6.45) is 0.838. The number of rotatable bonds is 5. The van der Waals surface area contributed by atoms with Crippen LogP contribution >= 0.6 is 0 Å². The molecule has 1 aromatic rings. The molecule has 0 bridgehead atoms. The van der Waals surface area contributed by atoms with Crippen LogP contribution in [-0.4, -0.2) is 26.2 Å². The van der Waals surface area contributed by atoms with Crippen LogP contribution in [0.2, 0.25) is 0 Å². The summed E-state index contributed by atoms with van der Waals surface area (Å²) in [6, 6.07) is 2.13. The minimum absolute atomic E-state index is 0.0212. The van der Waals surface area contributed by atoms with E-state index in [2.05, 4.69) is 11.4 Å². The minimum atomic E-state index is 0.0212. The lowest BCUT2D eigenvalue weighted by Crippen LogP contribution is -2.27. The van der Waals surface area contributed by atoms with Crippen LogP contribution in [0, 0.1) is 27.7 Å². The third-order valence-electron chi connectivity index (χ3n) is 3.40. The summed E-state index contributed by atoms with van der Waals surface area (Å²) in [7, 11) is 1.67. The van der Waals surface area contributed by atoms with Crippen LogP contribution in [0.25, 0.3) is 0 Å². The Bertz CT molecular complexity index is 412. The first-order valence-corrected chi connectivity index (χ1v) is 6.33. The molecular formula is C15H23NO2. The van der Waals surface area contributed by atoms with Crippen molar-refractivity contribution in [2.24, 2.45) is 0 Å². The third kappa shape index (κ3) is 3.33. The van der Waals surface area contributed by atoms with E-state index in [1.54, 1.807) is 7.11 Å². The molecule has 3 heteroatoms. The number of carbonyl (C=O) groups excluding carboxylic acids is 1. The summed E-state index contributed by atoms with van der Waals surface area (Å²) in [5, 5.41) is 2.95. The van der Waals surface area contributed by atoms with Crippen LogP contribution in [0.5, 0.6) is 0 Å². The standard InChI is InChI=1S/C15H23NO2/c1-10-9-11(2)13(4)14(12(10)3)15(17)16-7-6-8-18-5/h9H,6-8H2,1-5H3,(H,16,17). The number of benzene rings is 1. The molecule has 0 aliphatic rings. The fourth-order valence-corrected chi connectivity index (χ4v) is 2.06. The molecule has 0 unspecified atom stereocenters. The van der Waals surface area contributed by atoms with Crippen LogP contribution in [0.1, 0.15) is 39.0 Å². The first-order valence-electron chi connectivity index (χ1n) is 6.33. The van der Waals surface area contributed by atoms with E-state index in [-0.39, 0.29) is 5.91 Å². The van der Waals surface area contributed by atoms with Gasteiger partial charge in [0.05, 0.1) is 0 Å². The van der Waals surface area contributed by atoms with E-state index in [0.717, 1.165) is 23.1 Å². The first-order chi connectivity index (χ1) is 8.49. The fourth-order valence-electron chi connectivity index (χ4n) is 2.06. The zero-order valence-electron chi connectivity index (χ0n) is 12.0. The third-order valence-corrected chi connectivity index (χ3v) is 3.40. The lowest BCUT2D eigenvalue weighted by molar-refractivity contribution is 0.0947. The second-order valence-electron chi connectivity index (χ2n) is 4.74. The van der Waals surface area contributed by atoms with E-state index in [1.807, 2.05) is 27.7 Å². The number of nitrogens with one attached hydrogen (secondary N) is 1.